The zero-order valence-electron chi connectivity index (χ0n) is 15.1. The quantitative estimate of drug-likeness (QED) is 0.375. The number of thiazole rings is 1. The number of rotatable bonds is 6. The minimum atomic E-state index is -0.213. The second-order valence-electron chi connectivity index (χ2n) is 6.24. The summed E-state index contributed by atoms with van der Waals surface area (Å²) in [6.07, 6.45) is 2.94. The minimum Gasteiger partial charge on any atom is -0.356 e. The van der Waals surface area contributed by atoms with E-state index in [9.17, 15) is 4.39 Å². The molecular formula is C18H26FIN4S. The number of halogens is 2. The molecule has 0 unspecified atom stereocenters. The fraction of sp³-hybridized carbons (Fsp3) is 0.444. The van der Waals surface area contributed by atoms with Crippen molar-refractivity contribution in [2.75, 3.05) is 13.6 Å². The molecule has 7 heteroatoms. The number of aliphatic imine (C=N–C) groups is 1. The van der Waals surface area contributed by atoms with Gasteiger partial charge in [0.25, 0.3) is 0 Å². The molecule has 1 aromatic heterocycles. The van der Waals surface area contributed by atoms with Gasteiger partial charge in [-0.1, -0.05) is 32.9 Å². The molecule has 0 saturated heterocycles. The number of nitrogens with one attached hydrogen (secondary N) is 2. The van der Waals surface area contributed by atoms with Crippen molar-refractivity contribution in [1.82, 2.24) is 15.6 Å². The first-order chi connectivity index (χ1) is 11.4. The van der Waals surface area contributed by atoms with Crippen LogP contribution >= 0.6 is 35.3 Å². The fourth-order valence-corrected chi connectivity index (χ4v) is 3.08. The molecule has 4 nitrogen and oxygen atoms in total. The third-order valence-corrected chi connectivity index (χ3v) is 5.05. The summed E-state index contributed by atoms with van der Waals surface area (Å²) >= 11 is 1.72. The van der Waals surface area contributed by atoms with Crippen LogP contribution in [0, 0.1) is 5.82 Å². The molecule has 0 amide bonds. The Bertz CT molecular complexity index is 683. The second kappa shape index (κ2) is 10.1. The van der Waals surface area contributed by atoms with Gasteiger partial charge in [-0.15, -0.1) is 35.3 Å². The van der Waals surface area contributed by atoms with Crippen LogP contribution in [0.1, 0.15) is 36.2 Å². The predicted octanol–water partition coefficient (Wildman–Crippen LogP) is 4.11. The number of aromatic nitrogens is 1. The van der Waals surface area contributed by atoms with Gasteiger partial charge in [-0.2, -0.15) is 0 Å². The molecule has 2 rings (SSSR count). The van der Waals surface area contributed by atoms with Gasteiger partial charge in [-0.3, -0.25) is 4.99 Å². The minimum absolute atomic E-state index is 0. The summed E-state index contributed by atoms with van der Waals surface area (Å²) in [4.78, 5) is 9.93. The molecule has 1 aromatic carbocycles. The van der Waals surface area contributed by atoms with Gasteiger partial charge in [0.1, 0.15) is 10.8 Å². The molecule has 0 bridgehead atoms. The number of hydrogen-bond acceptors (Lipinski definition) is 3. The summed E-state index contributed by atoms with van der Waals surface area (Å²) in [6, 6.07) is 6.65. The van der Waals surface area contributed by atoms with E-state index < -0.39 is 0 Å². The molecule has 0 spiro atoms. The Morgan fingerprint density at radius 3 is 2.48 bits per heavy atom. The monoisotopic (exact) mass is 476 g/mol. The highest BCUT2D eigenvalue weighted by molar-refractivity contribution is 14.0. The molecule has 0 atom stereocenters. The van der Waals surface area contributed by atoms with Gasteiger partial charge in [0.05, 0.1) is 6.54 Å². The molecule has 0 aliphatic rings. The van der Waals surface area contributed by atoms with Crippen LogP contribution in [0.15, 0.2) is 35.5 Å². The number of nitrogens with zero attached hydrogens (tertiary/aromatic N) is 2. The Balaban J connectivity index is 0.00000312. The van der Waals surface area contributed by atoms with E-state index in [0.717, 1.165) is 23.0 Å². The highest BCUT2D eigenvalue weighted by Gasteiger charge is 2.21. The van der Waals surface area contributed by atoms with Crippen molar-refractivity contribution in [1.29, 1.82) is 0 Å². The van der Waals surface area contributed by atoms with Crippen LogP contribution in [-0.4, -0.2) is 24.5 Å². The van der Waals surface area contributed by atoms with E-state index in [1.54, 1.807) is 18.4 Å². The molecule has 1 heterocycles. The molecular weight excluding hydrogens is 450 g/mol. The lowest BCUT2D eigenvalue weighted by Crippen LogP contribution is -2.43. The molecule has 25 heavy (non-hydrogen) atoms. The first-order valence-corrected chi connectivity index (χ1v) is 8.90. The van der Waals surface area contributed by atoms with E-state index in [-0.39, 0.29) is 35.2 Å². The summed E-state index contributed by atoms with van der Waals surface area (Å²) in [5, 5.41) is 7.67. The number of guanidine groups is 1. The van der Waals surface area contributed by atoms with Crippen molar-refractivity contribution >= 4 is 41.3 Å². The largest absolute Gasteiger partial charge is 0.356 e. The molecule has 138 valence electrons. The number of hydrogen-bond donors (Lipinski definition) is 2. The van der Waals surface area contributed by atoms with Gasteiger partial charge < -0.3 is 10.6 Å². The van der Waals surface area contributed by atoms with E-state index in [2.05, 4.69) is 41.4 Å². The van der Waals surface area contributed by atoms with Crippen molar-refractivity contribution in [3.8, 4) is 0 Å². The van der Waals surface area contributed by atoms with Gasteiger partial charge in [-0.25, -0.2) is 9.37 Å². The SMILES string of the molecule is CCc1cnc(CNC(=NC)NCC(C)(C)c2ccc(F)cc2)s1.I. The maximum atomic E-state index is 13.1. The van der Waals surface area contributed by atoms with Crippen LogP contribution in [-0.2, 0) is 18.4 Å². The van der Waals surface area contributed by atoms with Crippen LogP contribution < -0.4 is 10.6 Å². The number of benzene rings is 1. The third-order valence-electron chi connectivity index (χ3n) is 3.90. The summed E-state index contributed by atoms with van der Waals surface area (Å²) in [6.45, 7) is 7.71. The Morgan fingerprint density at radius 1 is 1.24 bits per heavy atom. The van der Waals surface area contributed by atoms with E-state index in [1.165, 1.54) is 17.0 Å². The van der Waals surface area contributed by atoms with Gasteiger partial charge in [0, 0.05) is 30.1 Å². The lowest BCUT2D eigenvalue weighted by molar-refractivity contribution is 0.507. The lowest BCUT2D eigenvalue weighted by Gasteiger charge is -2.26. The van der Waals surface area contributed by atoms with Crippen LogP contribution in [0.25, 0.3) is 0 Å². The van der Waals surface area contributed by atoms with Crippen LogP contribution in [0.4, 0.5) is 4.39 Å². The zero-order chi connectivity index (χ0) is 17.6. The summed E-state index contributed by atoms with van der Waals surface area (Å²) in [7, 11) is 1.75. The fourth-order valence-electron chi connectivity index (χ4n) is 2.28. The summed E-state index contributed by atoms with van der Waals surface area (Å²) in [5.41, 5.74) is 0.946. The smallest absolute Gasteiger partial charge is 0.191 e. The molecule has 2 N–H and O–H groups in total. The zero-order valence-corrected chi connectivity index (χ0v) is 18.2. The van der Waals surface area contributed by atoms with Crippen molar-refractivity contribution in [3.63, 3.8) is 0 Å². The Hall–Kier alpha value is -1.22. The third kappa shape index (κ3) is 6.54. The molecule has 2 aromatic rings. The summed E-state index contributed by atoms with van der Waals surface area (Å²) in [5.74, 6) is 0.522. The number of aryl methyl sites for hydroxylation is 1. The van der Waals surface area contributed by atoms with Gasteiger partial charge in [-0.05, 0) is 24.1 Å². The van der Waals surface area contributed by atoms with Gasteiger partial charge in [0.2, 0.25) is 0 Å². The summed E-state index contributed by atoms with van der Waals surface area (Å²) < 4.78 is 13.1. The first kappa shape index (κ1) is 21.8. The molecule has 0 aliphatic heterocycles. The van der Waals surface area contributed by atoms with Crippen molar-refractivity contribution < 1.29 is 4.39 Å². The van der Waals surface area contributed by atoms with Crippen molar-refractivity contribution in [2.24, 2.45) is 4.99 Å². The lowest BCUT2D eigenvalue weighted by atomic mass is 9.84. The average Bonchev–Trinajstić information content (AvgIpc) is 3.03. The molecule has 0 radical (unpaired) electrons. The first-order valence-electron chi connectivity index (χ1n) is 8.08. The van der Waals surface area contributed by atoms with Crippen LogP contribution in [0.3, 0.4) is 0 Å². The predicted molar refractivity (Wildman–Crippen MR) is 115 cm³/mol. The van der Waals surface area contributed by atoms with Gasteiger partial charge in [0.15, 0.2) is 5.96 Å². The Kier molecular flexibility index (Phi) is 8.78. The van der Waals surface area contributed by atoms with Crippen LogP contribution in [0.2, 0.25) is 0 Å². The molecule has 0 fully saturated rings. The van der Waals surface area contributed by atoms with E-state index in [0.29, 0.717) is 13.1 Å². The normalized spacial score (nSPS) is 11.8. The molecule has 0 aliphatic carbocycles. The maximum Gasteiger partial charge on any atom is 0.191 e. The van der Waals surface area contributed by atoms with Gasteiger partial charge >= 0.3 is 0 Å². The van der Waals surface area contributed by atoms with E-state index >= 15 is 0 Å². The molecule has 0 saturated carbocycles. The van der Waals surface area contributed by atoms with E-state index in [1.807, 2.05) is 18.3 Å². The Morgan fingerprint density at radius 2 is 1.92 bits per heavy atom. The standard InChI is InChI=1S/C18H25FN4S.HI/c1-5-15-10-21-16(24-15)11-22-17(20-4)23-12-18(2,3)13-6-8-14(19)9-7-13;/h6-10H,5,11-12H2,1-4H3,(H2,20,22,23);1H. The second-order valence-corrected chi connectivity index (χ2v) is 7.44. The van der Waals surface area contributed by atoms with E-state index in [4.69, 9.17) is 0 Å². The highest BCUT2D eigenvalue weighted by Crippen LogP contribution is 2.22. The Labute approximate surface area is 170 Å². The topological polar surface area (TPSA) is 49.3 Å². The average molecular weight is 476 g/mol. The van der Waals surface area contributed by atoms with Crippen molar-refractivity contribution in [3.05, 3.63) is 51.7 Å². The van der Waals surface area contributed by atoms with Crippen molar-refractivity contribution in [2.45, 2.75) is 39.2 Å². The maximum absolute atomic E-state index is 13.1. The van der Waals surface area contributed by atoms with Crippen LogP contribution in [0.5, 0.6) is 0 Å². The highest BCUT2D eigenvalue weighted by atomic mass is 127.